The zero-order chi connectivity index (χ0) is 15.2. The van der Waals surface area contributed by atoms with E-state index in [0.29, 0.717) is 12.3 Å². The van der Waals surface area contributed by atoms with E-state index in [0.717, 1.165) is 16.5 Å². The highest BCUT2D eigenvalue weighted by atomic mass is 79.9. The van der Waals surface area contributed by atoms with Gasteiger partial charge in [0, 0.05) is 16.8 Å². The molecule has 0 bridgehead atoms. The first-order valence-electron chi connectivity index (χ1n) is 7.60. The molecule has 21 heavy (non-hydrogen) atoms. The molecule has 0 fully saturated rings. The molecule has 2 aromatic carbocycles. The van der Waals surface area contributed by atoms with Crippen LogP contribution in [-0.4, -0.2) is 11.2 Å². The highest BCUT2D eigenvalue weighted by Crippen LogP contribution is 2.32. The molecule has 0 saturated heterocycles. The van der Waals surface area contributed by atoms with Gasteiger partial charge in [-0.2, -0.15) is 0 Å². The lowest BCUT2D eigenvalue weighted by molar-refractivity contribution is 0.117. The summed E-state index contributed by atoms with van der Waals surface area (Å²) in [6.07, 6.45) is 1.36. The quantitative estimate of drug-likeness (QED) is 0.763. The summed E-state index contributed by atoms with van der Waals surface area (Å²) in [5, 5.41) is 10.8. The summed E-state index contributed by atoms with van der Waals surface area (Å²) < 4.78 is 1.07. The lowest BCUT2D eigenvalue weighted by Gasteiger charge is -2.29. The van der Waals surface area contributed by atoms with Crippen molar-refractivity contribution < 1.29 is 5.11 Å². The molecule has 0 aliphatic rings. The van der Waals surface area contributed by atoms with E-state index in [1.54, 1.807) is 0 Å². The van der Waals surface area contributed by atoms with Crippen molar-refractivity contribution in [3.8, 4) is 0 Å². The van der Waals surface area contributed by atoms with Gasteiger partial charge in [-0.1, -0.05) is 84.7 Å². The van der Waals surface area contributed by atoms with Crippen LogP contribution in [0, 0.1) is 5.92 Å². The molecular weight excluding hydrogens is 324 g/mol. The molecule has 0 radical (unpaired) electrons. The fraction of sp³-hybridized carbons (Fsp3) is 0.368. The van der Waals surface area contributed by atoms with Gasteiger partial charge in [0.1, 0.15) is 0 Å². The number of hydrogen-bond acceptors (Lipinski definition) is 1. The number of rotatable bonds is 6. The van der Waals surface area contributed by atoms with E-state index in [4.69, 9.17) is 0 Å². The molecule has 2 aromatic rings. The molecule has 2 heteroatoms. The van der Waals surface area contributed by atoms with Crippen LogP contribution in [-0.2, 0) is 6.42 Å². The molecule has 0 saturated carbocycles. The molecule has 112 valence electrons. The summed E-state index contributed by atoms with van der Waals surface area (Å²) >= 11 is 3.57. The van der Waals surface area contributed by atoms with Crippen LogP contribution >= 0.6 is 15.9 Å². The van der Waals surface area contributed by atoms with E-state index in [1.807, 2.05) is 24.3 Å². The van der Waals surface area contributed by atoms with Crippen LogP contribution in [0.4, 0.5) is 0 Å². The number of benzene rings is 2. The predicted octanol–water partition coefficient (Wildman–Crippen LogP) is 5.18. The van der Waals surface area contributed by atoms with Crippen molar-refractivity contribution in [3.05, 3.63) is 70.2 Å². The van der Waals surface area contributed by atoms with E-state index in [-0.39, 0.29) is 12.0 Å². The van der Waals surface area contributed by atoms with Gasteiger partial charge in [0.05, 0.1) is 6.10 Å². The summed E-state index contributed by atoms with van der Waals surface area (Å²) in [5.74, 6) is 0.619. The van der Waals surface area contributed by atoms with Crippen molar-refractivity contribution in [2.24, 2.45) is 5.92 Å². The summed E-state index contributed by atoms with van der Waals surface area (Å²) in [7, 11) is 0. The SMILES string of the molecule is CCC(C)C(c1ccccc1)C(O)Cc1ccccc1Br. The Morgan fingerprint density at radius 3 is 2.24 bits per heavy atom. The highest BCUT2D eigenvalue weighted by Gasteiger charge is 2.26. The largest absolute Gasteiger partial charge is 0.392 e. The zero-order valence-corrected chi connectivity index (χ0v) is 14.3. The highest BCUT2D eigenvalue weighted by molar-refractivity contribution is 9.10. The van der Waals surface area contributed by atoms with Crippen LogP contribution in [0.15, 0.2) is 59.1 Å². The average Bonchev–Trinajstić information content (AvgIpc) is 2.50. The monoisotopic (exact) mass is 346 g/mol. The Hall–Kier alpha value is -1.12. The van der Waals surface area contributed by atoms with E-state index in [1.165, 1.54) is 5.56 Å². The Labute approximate surface area is 136 Å². The van der Waals surface area contributed by atoms with Gasteiger partial charge in [-0.25, -0.2) is 0 Å². The molecule has 0 amide bonds. The fourth-order valence-electron chi connectivity index (χ4n) is 2.88. The maximum Gasteiger partial charge on any atom is 0.0651 e. The van der Waals surface area contributed by atoms with Gasteiger partial charge in [-0.05, 0) is 23.1 Å². The van der Waals surface area contributed by atoms with Crippen LogP contribution in [0.5, 0.6) is 0 Å². The van der Waals surface area contributed by atoms with Gasteiger partial charge in [-0.3, -0.25) is 0 Å². The van der Waals surface area contributed by atoms with E-state index in [9.17, 15) is 5.11 Å². The summed E-state index contributed by atoms with van der Waals surface area (Å²) in [6, 6.07) is 18.5. The van der Waals surface area contributed by atoms with Crippen molar-refractivity contribution in [2.45, 2.75) is 38.7 Å². The Bertz CT molecular complexity index is 553. The molecule has 3 unspecified atom stereocenters. The van der Waals surface area contributed by atoms with Crippen molar-refractivity contribution in [1.29, 1.82) is 0 Å². The summed E-state index contributed by atoms with van der Waals surface area (Å²) in [4.78, 5) is 0. The number of halogens is 1. The maximum absolute atomic E-state index is 10.8. The van der Waals surface area contributed by atoms with Crippen LogP contribution < -0.4 is 0 Å². The van der Waals surface area contributed by atoms with Crippen molar-refractivity contribution in [2.75, 3.05) is 0 Å². The van der Waals surface area contributed by atoms with Gasteiger partial charge in [0.25, 0.3) is 0 Å². The first-order chi connectivity index (χ1) is 10.1. The lowest BCUT2D eigenvalue weighted by atomic mass is 9.79. The minimum atomic E-state index is -0.374. The van der Waals surface area contributed by atoms with E-state index < -0.39 is 0 Å². The number of hydrogen-bond donors (Lipinski definition) is 1. The van der Waals surface area contributed by atoms with E-state index >= 15 is 0 Å². The molecular formula is C19H23BrO. The van der Waals surface area contributed by atoms with Crippen molar-refractivity contribution >= 4 is 15.9 Å². The lowest BCUT2D eigenvalue weighted by Crippen LogP contribution is -2.26. The van der Waals surface area contributed by atoms with Crippen molar-refractivity contribution in [1.82, 2.24) is 0 Å². The van der Waals surface area contributed by atoms with Gasteiger partial charge in [-0.15, -0.1) is 0 Å². The van der Waals surface area contributed by atoms with Gasteiger partial charge >= 0.3 is 0 Å². The third-order valence-electron chi connectivity index (χ3n) is 4.24. The molecule has 0 aliphatic carbocycles. The van der Waals surface area contributed by atoms with Crippen LogP contribution in [0.1, 0.15) is 37.3 Å². The standard InChI is InChI=1S/C19H23BrO/c1-3-14(2)19(15-9-5-4-6-10-15)18(21)13-16-11-7-8-12-17(16)20/h4-12,14,18-19,21H,3,13H2,1-2H3. The van der Waals surface area contributed by atoms with Crippen LogP contribution in [0.3, 0.4) is 0 Å². The number of aliphatic hydroxyl groups is 1. The molecule has 0 heterocycles. The van der Waals surface area contributed by atoms with E-state index in [2.05, 4.69) is 60.1 Å². The normalized spacial score (nSPS) is 15.4. The number of aliphatic hydroxyl groups excluding tert-OH is 1. The van der Waals surface area contributed by atoms with Gasteiger partial charge in [0.2, 0.25) is 0 Å². The second kappa shape index (κ2) is 7.77. The zero-order valence-electron chi connectivity index (χ0n) is 12.7. The Balaban J connectivity index is 2.23. The smallest absolute Gasteiger partial charge is 0.0651 e. The Morgan fingerprint density at radius 2 is 1.62 bits per heavy atom. The Morgan fingerprint density at radius 1 is 1.00 bits per heavy atom. The summed E-state index contributed by atoms with van der Waals surface area (Å²) in [5.41, 5.74) is 2.39. The second-order valence-electron chi connectivity index (χ2n) is 5.68. The topological polar surface area (TPSA) is 20.2 Å². The molecule has 0 aromatic heterocycles. The molecule has 2 rings (SSSR count). The van der Waals surface area contributed by atoms with Gasteiger partial charge in [0.15, 0.2) is 0 Å². The molecule has 0 aliphatic heterocycles. The van der Waals surface area contributed by atoms with Crippen LogP contribution in [0.25, 0.3) is 0 Å². The molecule has 1 nitrogen and oxygen atoms in total. The molecule has 0 spiro atoms. The maximum atomic E-state index is 10.8. The Kier molecular flexibility index (Phi) is 6.01. The average molecular weight is 347 g/mol. The molecule has 1 N–H and O–H groups in total. The third kappa shape index (κ3) is 4.18. The predicted molar refractivity (Wildman–Crippen MR) is 92.5 cm³/mol. The summed E-state index contributed by atoms with van der Waals surface area (Å²) in [6.45, 7) is 4.41. The third-order valence-corrected chi connectivity index (χ3v) is 5.02. The second-order valence-corrected chi connectivity index (χ2v) is 6.54. The molecule has 3 atom stereocenters. The first kappa shape index (κ1) is 16.3. The fourth-order valence-corrected chi connectivity index (χ4v) is 3.32. The minimum Gasteiger partial charge on any atom is -0.392 e. The van der Waals surface area contributed by atoms with Crippen LogP contribution in [0.2, 0.25) is 0 Å². The minimum absolute atomic E-state index is 0.170. The first-order valence-corrected chi connectivity index (χ1v) is 8.39. The van der Waals surface area contributed by atoms with Crippen molar-refractivity contribution in [3.63, 3.8) is 0 Å². The van der Waals surface area contributed by atoms with Gasteiger partial charge < -0.3 is 5.11 Å².